The molecule has 34 nitrogen and oxygen atoms in total. The van der Waals surface area contributed by atoms with E-state index in [1.54, 1.807) is 104 Å². The maximum absolute atomic E-state index is 4.86. The Bertz CT molecular complexity index is 2530. The van der Waals surface area contributed by atoms with E-state index >= 15 is 0 Å². The third-order valence-electron chi connectivity index (χ3n) is 8.15. The predicted molar refractivity (Wildman–Crippen MR) is 403 cm³/mol. The average molecular weight is 1430 g/mol. The van der Waals surface area contributed by atoms with Crippen LogP contribution in [0.4, 0.5) is 0 Å². The lowest BCUT2D eigenvalue weighted by Gasteiger charge is -1.94. The summed E-state index contributed by atoms with van der Waals surface area (Å²) in [6.45, 7) is 63.3. The molecule has 1 fully saturated rings. The molecule has 1 aliphatic heterocycles. The maximum atomic E-state index is 4.86. The van der Waals surface area contributed by atoms with Gasteiger partial charge >= 0.3 is 0 Å². The van der Waals surface area contributed by atoms with Crippen molar-refractivity contribution in [3.63, 3.8) is 0 Å². The SMILES string of the molecule is CC.CC.CC.CC.CC.CC.CC.CC.CC.CC1CCNN1.Cc1ccn[nH]1.Cc1cn[nH]c1.Cc1ncn[nH]1.Cc1ncn[nH]1.Cc1ncn[nH]1.Cc1nnc(C)o1.Cc1nnc(C)s1.Cc1noc(C)n1.Cc1noc(C)n1.Cn1cccn1.Cn1cncn1.Cn1cnnc1. The molecule has 570 valence electrons. The number of hydrogen-bond donors (Lipinski definition) is 7. The summed E-state index contributed by atoms with van der Waals surface area (Å²) in [7, 11) is 5.59. The zero-order valence-electron chi connectivity index (χ0n) is 67.4. The minimum atomic E-state index is 0.623. The number of nitrogens with zero attached hydrogens (tertiary/aromatic N) is 24. The van der Waals surface area contributed by atoms with E-state index < -0.39 is 0 Å². The quantitative estimate of drug-likeness (QED) is 0.0741. The molecule has 0 aliphatic carbocycles. The largest absolute Gasteiger partial charge is 0.426 e. The zero-order chi connectivity index (χ0) is 78.8. The van der Waals surface area contributed by atoms with Gasteiger partial charge in [0, 0.05) is 91.9 Å². The van der Waals surface area contributed by atoms with Gasteiger partial charge < -0.3 is 18.0 Å². The summed E-state index contributed by atoms with van der Waals surface area (Å²) >= 11 is 1.62. The van der Waals surface area contributed by atoms with Crippen LogP contribution < -0.4 is 10.9 Å². The van der Waals surface area contributed by atoms with E-state index in [9.17, 15) is 0 Å². The van der Waals surface area contributed by atoms with Crippen molar-refractivity contribution in [1.82, 2.24) is 157 Å². The molecule has 1 atom stereocenters. The van der Waals surface area contributed by atoms with E-state index in [1.165, 1.54) is 37.3 Å². The van der Waals surface area contributed by atoms with Crippen LogP contribution in [0, 0.1) is 90.0 Å². The van der Waals surface area contributed by atoms with Crippen LogP contribution in [0.15, 0.2) is 101 Å². The lowest BCUT2D eigenvalue weighted by atomic mass is 10.3. The molecule has 100 heavy (non-hydrogen) atoms. The Balaban J connectivity index is -0.000000126. The van der Waals surface area contributed by atoms with Crippen molar-refractivity contribution in [2.24, 2.45) is 21.1 Å². The molecule has 13 heterocycles. The smallest absolute Gasteiger partial charge is 0.223 e. The molecule has 0 radical (unpaired) electrons. The third kappa shape index (κ3) is 84.3. The van der Waals surface area contributed by atoms with Crippen molar-refractivity contribution in [1.29, 1.82) is 0 Å². The van der Waals surface area contributed by atoms with E-state index in [1.807, 2.05) is 219 Å². The Kier molecular flexibility index (Phi) is 95.0. The first-order valence-corrected chi connectivity index (χ1v) is 34.5. The van der Waals surface area contributed by atoms with Gasteiger partial charge in [-0.05, 0) is 93.4 Å². The molecule has 7 N–H and O–H groups in total. The number of nitrogens with one attached hydrogen (secondary N) is 7. The van der Waals surface area contributed by atoms with Gasteiger partial charge in [-0.2, -0.15) is 45.7 Å². The highest BCUT2D eigenvalue weighted by Crippen LogP contribution is 2.04. The normalized spacial score (nSPS) is 9.49. The lowest BCUT2D eigenvalue weighted by molar-refractivity contribution is 0.389. The van der Waals surface area contributed by atoms with Gasteiger partial charge in [0.1, 0.15) is 71.8 Å². The van der Waals surface area contributed by atoms with Gasteiger partial charge in [0.25, 0.3) is 0 Å². The second-order valence-corrected chi connectivity index (χ2v) is 17.7. The molecular weight excluding hydrogens is 1290 g/mol. The van der Waals surface area contributed by atoms with Crippen LogP contribution in [0.1, 0.15) is 212 Å². The average Bonchev–Trinajstić information content (AvgIpc) is 2.39. The first-order chi connectivity index (χ1) is 48.2. The van der Waals surface area contributed by atoms with Crippen molar-refractivity contribution in [3.8, 4) is 0 Å². The Hall–Kier alpha value is -9.77. The molecule has 0 amide bonds. The van der Waals surface area contributed by atoms with Crippen molar-refractivity contribution in [2.75, 3.05) is 6.54 Å². The van der Waals surface area contributed by atoms with Crippen LogP contribution in [0.25, 0.3) is 0 Å². The topological polar surface area (TPSA) is 428 Å². The lowest BCUT2D eigenvalue weighted by Crippen LogP contribution is -2.27. The fraction of sp³-hybridized carbons (Fsp3) is 0.585. The molecule has 0 spiro atoms. The van der Waals surface area contributed by atoms with Crippen molar-refractivity contribution < 1.29 is 13.5 Å². The molecular formula is C65H131N31O3S. The van der Waals surface area contributed by atoms with Crippen molar-refractivity contribution >= 4 is 11.3 Å². The number of aromatic amines is 5. The molecule has 1 saturated heterocycles. The van der Waals surface area contributed by atoms with E-state index in [0.717, 1.165) is 39.7 Å². The summed E-state index contributed by atoms with van der Waals surface area (Å²) in [6.07, 6.45) is 21.1. The Morgan fingerprint density at radius 2 is 0.920 bits per heavy atom. The Morgan fingerprint density at radius 1 is 0.480 bits per heavy atom. The number of hydrazine groups is 1. The Morgan fingerprint density at radius 3 is 1.02 bits per heavy atom. The van der Waals surface area contributed by atoms with Gasteiger partial charge in [0.15, 0.2) is 11.6 Å². The van der Waals surface area contributed by atoms with Crippen LogP contribution in [0.5, 0.6) is 0 Å². The number of H-pyrrole nitrogens is 5. The third-order valence-corrected chi connectivity index (χ3v) is 8.90. The summed E-state index contributed by atoms with van der Waals surface area (Å²) < 4.78 is 19.2. The fourth-order valence-electron chi connectivity index (χ4n) is 4.51. The summed E-state index contributed by atoms with van der Waals surface area (Å²) in [5.41, 5.74) is 8.37. The first kappa shape index (κ1) is 109. The van der Waals surface area contributed by atoms with Crippen LogP contribution in [-0.4, -0.2) is 159 Å². The maximum Gasteiger partial charge on any atom is 0.223 e. The predicted octanol–water partition coefficient (Wildman–Crippen LogP) is 14.1. The molecule has 1 unspecified atom stereocenters. The number of rotatable bonds is 0. The summed E-state index contributed by atoms with van der Waals surface area (Å²) in [5, 5.41) is 70.0. The monoisotopic (exact) mass is 1430 g/mol. The summed E-state index contributed by atoms with van der Waals surface area (Å²) in [5.74, 6) is 6.44. The number of aromatic nitrogens is 29. The van der Waals surface area contributed by atoms with E-state index in [0.29, 0.717) is 41.3 Å². The molecule has 0 saturated carbocycles. The highest BCUT2D eigenvalue weighted by atomic mass is 32.1. The number of hydrogen-bond acceptors (Lipinski definition) is 27. The second-order valence-electron chi connectivity index (χ2n) is 16.3. The fourth-order valence-corrected chi connectivity index (χ4v) is 5.10. The van der Waals surface area contributed by atoms with Gasteiger partial charge in [-0.3, -0.25) is 45.7 Å². The van der Waals surface area contributed by atoms with Crippen LogP contribution in [0.3, 0.4) is 0 Å². The van der Waals surface area contributed by atoms with E-state index in [4.69, 9.17) is 4.42 Å². The van der Waals surface area contributed by atoms with E-state index in [2.05, 4.69) is 159 Å². The molecule has 12 aromatic rings. The van der Waals surface area contributed by atoms with Gasteiger partial charge in [0.2, 0.25) is 23.6 Å². The van der Waals surface area contributed by atoms with Gasteiger partial charge in [-0.25, -0.2) is 19.9 Å². The molecule has 0 aromatic carbocycles. The van der Waals surface area contributed by atoms with Crippen molar-refractivity contribution in [3.05, 3.63) is 161 Å². The van der Waals surface area contributed by atoms with Gasteiger partial charge in [-0.1, -0.05) is 135 Å². The van der Waals surface area contributed by atoms with E-state index in [-0.39, 0.29) is 0 Å². The van der Waals surface area contributed by atoms with Gasteiger partial charge in [-0.15, -0.1) is 41.9 Å². The second kappa shape index (κ2) is 87.2. The van der Waals surface area contributed by atoms with Gasteiger partial charge in [0.05, 0.1) is 6.20 Å². The molecule has 0 bridgehead atoms. The minimum Gasteiger partial charge on any atom is -0.426 e. The Labute approximate surface area is 602 Å². The standard InChI is InChI=1S/3C4H6N2O.C4H6N2S.2C4H6N2.C4H10N2.C4H6N2.5C3H5N3.9C2H6/c1-3-5-6-4(2)7-3;2*1-3-5-4(2)7-6-3;1-3-5-6-4(2)7-3;1-4-2-5-6-3-4;1-6-4-2-3-5-6;2*1-4-2-3-5-6-4;1-6-2-4-5-3-6;1-6-3-4-2-5-6;3*1-3-4-2-5-6-3;9*1-2/h4*1-2H3;2-3H,1H3,(H,5,6);2-4H,1H3;4-6H,2-3H2,1H3;2-3H,1H3,(H,5,6);2*2-3H,1H3;3*2H,1H3,(H,4,5,6);9*1-2H3. The first-order valence-electron chi connectivity index (χ1n) is 33.6. The summed E-state index contributed by atoms with van der Waals surface area (Å²) in [6, 6.07) is 4.49. The minimum absolute atomic E-state index is 0.623. The number of aryl methyl sites for hydroxylation is 16. The van der Waals surface area contributed by atoms with Crippen LogP contribution in [0.2, 0.25) is 0 Å². The zero-order valence-corrected chi connectivity index (χ0v) is 68.3. The van der Waals surface area contributed by atoms with Crippen LogP contribution in [-0.2, 0) is 21.1 Å². The molecule has 12 aromatic heterocycles. The highest BCUT2D eigenvalue weighted by molar-refractivity contribution is 7.11. The van der Waals surface area contributed by atoms with Crippen molar-refractivity contribution in [2.45, 2.75) is 234 Å². The molecule has 35 heteroatoms. The molecule has 13 rings (SSSR count). The van der Waals surface area contributed by atoms with Crippen LogP contribution >= 0.6 is 11.3 Å². The highest BCUT2D eigenvalue weighted by Gasteiger charge is 2.04. The molecule has 1 aliphatic rings. The summed E-state index contributed by atoms with van der Waals surface area (Å²) in [4.78, 5) is 22.6.